The van der Waals surface area contributed by atoms with Crippen molar-refractivity contribution >= 4 is 35.5 Å². The Morgan fingerprint density at radius 3 is 2.54 bits per heavy atom. The van der Waals surface area contributed by atoms with Crippen LogP contribution in [0.25, 0.3) is 0 Å². The van der Waals surface area contributed by atoms with Crippen molar-refractivity contribution in [1.82, 2.24) is 24.6 Å². The minimum Gasteiger partial charge on any atom is -0.338 e. The van der Waals surface area contributed by atoms with Crippen LogP contribution >= 0.6 is 23.7 Å². The first kappa shape index (κ1) is 18.0. The number of alkyl halides is 1. The van der Waals surface area contributed by atoms with Gasteiger partial charge in [-0.1, -0.05) is 6.58 Å². The number of hydrogen-bond acceptors (Lipinski definition) is 6. The average molecular weight is 374 g/mol. The molecule has 0 bridgehead atoms. The van der Waals surface area contributed by atoms with Crippen molar-refractivity contribution < 1.29 is 9.59 Å². The predicted octanol–water partition coefficient (Wildman–Crippen LogP) is -0.304. The van der Waals surface area contributed by atoms with Crippen LogP contribution in [-0.4, -0.2) is 77.8 Å². The third kappa shape index (κ3) is 3.88. The Balaban J connectivity index is 1.44. The maximum atomic E-state index is 12.4. The Hall–Kier alpha value is -0.800. The summed E-state index contributed by atoms with van der Waals surface area (Å²) < 4.78 is 6.65. The molecule has 3 aliphatic rings. The van der Waals surface area contributed by atoms with Crippen LogP contribution in [-0.2, 0) is 9.59 Å². The highest BCUT2D eigenvalue weighted by Gasteiger charge is 2.42. The number of carbonyl (C=O) groups excluding carboxylic acids is 2. The lowest BCUT2D eigenvalue weighted by Crippen LogP contribution is -2.59. The number of amides is 2. The monoisotopic (exact) mass is 373 g/mol. The molecule has 1 saturated carbocycles. The fourth-order valence-electron chi connectivity index (χ4n) is 3.51. The van der Waals surface area contributed by atoms with E-state index < -0.39 is 0 Å². The van der Waals surface area contributed by atoms with E-state index in [4.69, 9.17) is 11.6 Å². The SMILES string of the molecule is C=CC(=O)N1CCN(C(=O)CNC2CCC(Cl)C3NSNC23)CC1. The van der Waals surface area contributed by atoms with E-state index >= 15 is 0 Å². The van der Waals surface area contributed by atoms with Gasteiger partial charge in [-0.3, -0.25) is 9.59 Å². The second-order valence-corrected chi connectivity index (χ2v) is 7.62. The molecule has 0 radical (unpaired) electrons. The Morgan fingerprint density at radius 1 is 1.17 bits per heavy atom. The Bertz CT molecular complexity index is 500. The van der Waals surface area contributed by atoms with Gasteiger partial charge in [-0.25, -0.2) is 9.44 Å². The van der Waals surface area contributed by atoms with Gasteiger partial charge >= 0.3 is 0 Å². The van der Waals surface area contributed by atoms with Gasteiger partial charge in [-0.15, -0.1) is 11.6 Å². The second kappa shape index (κ2) is 8.05. The molecule has 3 N–H and O–H groups in total. The van der Waals surface area contributed by atoms with Gasteiger partial charge in [0.05, 0.1) is 24.0 Å². The summed E-state index contributed by atoms with van der Waals surface area (Å²) in [6.07, 6.45) is 3.22. The van der Waals surface area contributed by atoms with Crippen molar-refractivity contribution in [3.63, 3.8) is 0 Å². The van der Waals surface area contributed by atoms with Crippen LogP contribution in [0.15, 0.2) is 12.7 Å². The summed E-state index contributed by atoms with van der Waals surface area (Å²) in [5, 5.41) is 3.52. The maximum Gasteiger partial charge on any atom is 0.246 e. The maximum absolute atomic E-state index is 12.4. The zero-order chi connectivity index (χ0) is 17.1. The van der Waals surface area contributed by atoms with Crippen molar-refractivity contribution in [3.05, 3.63) is 12.7 Å². The molecular formula is C15H24ClN5O2S. The summed E-state index contributed by atoms with van der Waals surface area (Å²) in [5.41, 5.74) is 0. The van der Waals surface area contributed by atoms with Crippen LogP contribution in [0.2, 0.25) is 0 Å². The van der Waals surface area contributed by atoms with Crippen LogP contribution in [0.5, 0.6) is 0 Å². The smallest absolute Gasteiger partial charge is 0.246 e. The predicted molar refractivity (Wildman–Crippen MR) is 95.5 cm³/mol. The quantitative estimate of drug-likeness (QED) is 0.357. The molecule has 1 aliphatic carbocycles. The minimum absolute atomic E-state index is 0.0681. The van der Waals surface area contributed by atoms with Crippen molar-refractivity contribution in [2.75, 3.05) is 32.7 Å². The van der Waals surface area contributed by atoms with E-state index in [0.717, 1.165) is 12.8 Å². The molecule has 0 aromatic rings. The molecule has 4 unspecified atom stereocenters. The van der Waals surface area contributed by atoms with Gasteiger partial charge in [-0.05, 0) is 18.9 Å². The number of fused-ring (bicyclic) bond motifs is 1. The number of halogens is 1. The molecule has 0 aromatic carbocycles. The third-order valence-electron chi connectivity index (χ3n) is 4.99. The molecule has 0 aromatic heterocycles. The average Bonchev–Trinajstić information content (AvgIpc) is 3.11. The number of nitrogens with zero attached hydrogens (tertiary/aromatic N) is 2. The van der Waals surface area contributed by atoms with Crippen molar-refractivity contribution in [2.24, 2.45) is 0 Å². The lowest BCUT2D eigenvalue weighted by Gasteiger charge is -2.37. The molecule has 134 valence electrons. The zero-order valence-electron chi connectivity index (χ0n) is 13.5. The van der Waals surface area contributed by atoms with Crippen LogP contribution in [0.3, 0.4) is 0 Å². The number of nitrogens with one attached hydrogen (secondary N) is 3. The molecule has 7 nitrogen and oxygen atoms in total. The first-order valence-corrected chi connectivity index (χ1v) is 9.59. The Morgan fingerprint density at radius 2 is 1.83 bits per heavy atom. The molecule has 3 rings (SSSR count). The second-order valence-electron chi connectivity index (χ2n) is 6.38. The minimum atomic E-state index is -0.0681. The molecule has 2 heterocycles. The lowest BCUT2D eigenvalue weighted by atomic mass is 9.86. The number of rotatable bonds is 4. The standard InChI is InChI=1S/C15H24ClN5O2S/c1-2-12(22)20-5-7-21(8-6-20)13(23)9-17-11-4-3-10(16)14-15(11)19-24-18-14/h2,10-11,14-15,17-19H,1,3-9H2. The van der Waals surface area contributed by atoms with Crippen molar-refractivity contribution in [3.8, 4) is 0 Å². The number of piperazine rings is 1. The van der Waals surface area contributed by atoms with Gasteiger partial charge in [0.15, 0.2) is 0 Å². The van der Waals surface area contributed by atoms with Gasteiger partial charge in [0.25, 0.3) is 0 Å². The molecular weight excluding hydrogens is 350 g/mol. The van der Waals surface area contributed by atoms with Crippen LogP contribution in [0.1, 0.15) is 12.8 Å². The van der Waals surface area contributed by atoms with Gasteiger partial charge in [0.2, 0.25) is 11.8 Å². The first-order chi connectivity index (χ1) is 11.6. The fraction of sp³-hybridized carbons (Fsp3) is 0.733. The van der Waals surface area contributed by atoms with Crippen molar-refractivity contribution in [1.29, 1.82) is 0 Å². The van der Waals surface area contributed by atoms with Gasteiger partial charge in [0, 0.05) is 44.4 Å². The first-order valence-electron chi connectivity index (χ1n) is 8.33. The molecule has 4 atom stereocenters. The van der Waals surface area contributed by atoms with E-state index in [2.05, 4.69) is 21.3 Å². The highest BCUT2D eigenvalue weighted by Crippen LogP contribution is 2.29. The molecule has 2 aliphatic heterocycles. The summed E-state index contributed by atoms with van der Waals surface area (Å²) in [4.78, 5) is 27.5. The van der Waals surface area contributed by atoms with Crippen LogP contribution < -0.4 is 14.8 Å². The Kier molecular flexibility index (Phi) is 6.04. The van der Waals surface area contributed by atoms with E-state index in [-0.39, 0.29) is 35.3 Å². The number of carbonyl (C=O) groups is 2. The topological polar surface area (TPSA) is 76.7 Å². The Labute approximate surface area is 151 Å². The fourth-order valence-corrected chi connectivity index (χ4v) is 4.89. The van der Waals surface area contributed by atoms with E-state index in [9.17, 15) is 9.59 Å². The van der Waals surface area contributed by atoms with E-state index in [1.165, 1.54) is 18.2 Å². The molecule has 2 amide bonds. The van der Waals surface area contributed by atoms with Crippen molar-refractivity contribution in [2.45, 2.75) is 36.3 Å². The summed E-state index contributed by atoms with van der Waals surface area (Å²) in [6.45, 7) is 6.12. The summed E-state index contributed by atoms with van der Waals surface area (Å²) in [7, 11) is 0. The van der Waals surface area contributed by atoms with Gasteiger partial charge in [0.1, 0.15) is 0 Å². The molecule has 9 heteroatoms. The highest BCUT2D eigenvalue weighted by atomic mass is 35.5. The normalized spacial score (nSPS) is 33.2. The summed E-state index contributed by atoms with van der Waals surface area (Å²) in [6, 6.07) is 0.702. The molecule has 24 heavy (non-hydrogen) atoms. The van der Waals surface area contributed by atoms with E-state index in [1.54, 1.807) is 4.90 Å². The molecule has 3 fully saturated rings. The molecule has 2 saturated heterocycles. The highest BCUT2D eigenvalue weighted by molar-refractivity contribution is 7.95. The summed E-state index contributed by atoms with van der Waals surface area (Å²) >= 11 is 7.85. The largest absolute Gasteiger partial charge is 0.338 e. The summed E-state index contributed by atoms with van der Waals surface area (Å²) in [5.74, 6) is 0.0188. The van der Waals surface area contributed by atoms with Gasteiger partial charge in [-0.2, -0.15) is 0 Å². The number of hydrogen-bond donors (Lipinski definition) is 3. The van der Waals surface area contributed by atoms with Crippen LogP contribution in [0.4, 0.5) is 0 Å². The van der Waals surface area contributed by atoms with Gasteiger partial charge < -0.3 is 15.1 Å². The van der Waals surface area contributed by atoms with E-state index in [0.29, 0.717) is 32.7 Å². The van der Waals surface area contributed by atoms with E-state index in [1.807, 2.05) is 4.90 Å². The zero-order valence-corrected chi connectivity index (χ0v) is 15.1. The molecule has 0 spiro atoms. The lowest BCUT2D eigenvalue weighted by molar-refractivity contribution is -0.136. The third-order valence-corrected chi connectivity index (χ3v) is 6.26. The van der Waals surface area contributed by atoms with Crippen LogP contribution in [0, 0.1) is 0 Å².